The molecule has 33 heavy (non-hydrogen) atoms. The third kappa shape index (κ3) is 4.14. The molecule has 0 unspecified atom stereocenters. The van der Waals surface area contributed by atoms with E-state index in [2.05, 4.69) is 12.0 Å². The average Bonchev–Trinajstić information content (AvgIpc) is 3.17. The fourth-order valence-corrected chi connectivity index (χ4v) is 4.54. The number of nitrogens with one attached hydrogen (secondary N) is 1. The van der Waals surface area contributed by atoms with Crippen molar-refractivity contribution in [3.05, 3.63) is 63.0 Å². The van der Waals surface area contributed by atoms with Gasteiger partial charge < -0.3 is 4.90 Å². The zero-order valence-corrected chi connectivity index (χ0v) is 19.9. The fourth-order valence-electron chi connectivity index (χ4n) is 4.54. The monoisotopic (exact) mass is 454 g/mol. The highest BCUT2D eigenvalue weighted by Crippen LogP contribution is 2.35. The summed E-state index contributed by atoms with van der Waals surface area (Å²) >= 11 is 0. The highest BCUT2D eigenvalue weighted by atomic mass is 19.1. The van der Waals surface area contributed by atoms with Crippen LogP contribution < -0.4 is 5.56 Å². The summed E-state index contributed by atoms with van der Waals surface area (Å²) in [7, 11) is 0. The fraction of sp³-hybridized carbons (Fsp3) is 0.480. The number of carbonyl (C=O) groups excluding carboxylic acids is 2. The third-order valence-electron chi connectivity index (χ3n) is 6.49. The van der Waals surface area contributed by atoms with E-state index in [1.807, 2.05) is 25.7 Å². The number of aryl methyl sites for hydroxylation is 1. The standard InChI is InChI=1S/C25H31FN4O3/c1-15-10-12-28(13-11-15)21-20(19-16(2)27-30(23(19)32)25(3,4)5)22(31)29(24(21)33)14-17-6-8-18(26)9-7-17/h6-9,15,27H,10-14H2,1-5H3. The Morgan fingerprint density at radius 1 is 1.03 bits per heavy atom. The summed E-state index contributed by atoms with van der Waals surface area (Å²) in [6, 6.07) is 5.73. The maximum atomic E-state index is 13.7. The van der Waals surface area contributed by atoms with Gasteiger partial charge in [-0.15, -0.1) is 0 Å². The first kappa shape index (κ1) is 23.0. The Bertz CT molecular complexity index is 1180. The summed E-state index contributed by atoms with van der Waals surface area (Å²) < 4.78 is 14.9. The maximum Gasteiger partial charge on any atom is 0.278 e. The number of halogens is 1. The molecular formula is C25H31FN4O3. The van der Waals surface area contributed by atoms with Gasteiger partial charge in [0, 0.05) is 18.8 Å². The molecule has 2 aliphatic heterocycles. The van der Waals surface area contributed by atoms with Crippen LogP contribution in [0, 0.1) is 18.7 Å². The summed E-state index contributed by atoms with van der Waals surface area (Å²) in [6.45, 7) is 11.0. The predicted molar refractivity (Wildman–Crippen MR) is 124 cm³/mol. The van der Waals surface area contributed by atoms with Gasteiger partial charge in [0.05, 0.1) is 23.2 Å². The Morgan fingerprint density at radius 2 is 1.64 bits per heavy atom. The van der Waals surface area contributed by atoms with E-state index in [0.717, 1.165) is 12.8 Å². The number of H-pyrrole nitrogens is 1. The van der Waals surface area contributed by atoms with Crippen molar-refractivity contribution >= 4 is 17.4 Å². The number of piperidine rings is 1. The van der Waals surface area contributed by atoms with Crippen molar-refractivity contribution in [3.8, 4) is 0 Å². The minimum Gasteiger partial charge on any atom is -0.366 e. The van der Waals surface area contributed by atoms with Gasteiger partial charge in [-0.25, -0.2) is 9.07 Å². The average molecular weight is 455 g/mol. The quantitative estimate of drug-likeness (QED) is 0.719. The van der Waals surface area contributed by atoms with Crippen molar-refractivity contribution in [2.24, 2.45) is 5.92 Å². The zero-order valence-electron chi connectivity index (χ0n) is 19.9. The number of likely N-dealkylation sites (tertiary alicyclic amines) is 1. The predicted octanol–water partition coefficient (Wildman–Crippen LogP) is 3.39. The SMILES string of the molecule is Cc1[nH]n(C(C)(C)C)c(=O)c1C1=C(N2CCC(C)CC2)C(=O)N(Cc2ccc(F)cc2)C1=O. The summed E-state index contributed by atoms with van der Waals surface area (Å²) in [4.78, 5) is 43.8. The van der Waals surface area contributed by atoms with Gasteiger partial charge in [-0.1, -0.05) is 19.1 Å². The van der Waals surface area contributed by atoms with Crippen LogP contribution in [0.2, 0.25) is 0 Å². The van der Waals surface area contributed by atoms with E-state index in [9.17, 15) is 18.8 Å². The van der Waals surface area contributed by atoms with Crippen LogP contribution in [0.4, 0.5) is 4.39 Å². The van der Waals surface area contributed by atoms with Gasteiger partial charge >= 0.3 is 0 Å². The summed E-state index contributed by atoms with van der Waals surface area (Å²) in [6.07, 6.45) is 1.82. The highest BCUT2D eigenvalue weighted by Gasteiger charge is 2.44. The van der Waals surface area contributed by atoms with Crippen molar-refractivity contribution in [1.82, 2.24) is 19.6 Å². The Balaban J connectivity index is 1.82. The Morgan fingerprint density at radius 3 is 2.18 bits per heavy atom. The topological polar surface area (TPSA) is 78.4 Å². The number of amides is 2. The summed E-state index contributed by atoms with van der Waals surface area (Å²) in [5, 5.41) is 3.09. The van der Waals surface area contributed by atoms with Crippen LogP contribution in [0.5, 0.6) is 0 Å². The lowest BCUT2D eigenvalue weighted by atomic mass is 9.97. The van der Waals surface area contributed by atoms with E-state index in [1.165, 1.54) is 21.7 Å². The number of nitrogens with zero attached hydrogens (tertiary/aromatic N) is 3. The van der Waals surface area contributed by atoms with Gasteiger partial charge in [-0.3, -0.25) is 24.4 Å². The summed E-state index contributed by atoms with van der Waals surface area (Å²) in [5.74, 6) is -0.736. The van der Waals surface area contributed by atoms with Crippen molar-refractivity contribution < 1.29 is 14.0 Å². The van der Waals surface area contributed by atoms with Crippen molar-refractivity contribution in [2.75, 3.05) is 13.1 Å². The highest BCUT2D eigenvalue weighted by molar-refractivity contribution is 6.35. The van der Waals surface area contributed by atoms with Gasteiger partial charge in [0.1, 0.15) is 11.5 Å². The van der Waals surface area contributed by atoms with Crippen LogP contribution in [0.3, 0.4) is 0 Å². The van der Waals surface area contributed by atoms with E-state index in [0.29, 0.717) is 36.0 Å². The second kappa shape index (κ2) is 8.32. The van der Waals surface area contributed by atoms with Gasteiger partial charge in [0.15, 0.2) is 0 Å². The number of imide groups is 1. The molecule has 1 saturated heterocycles. The molecule has 176 valence electrons. The normalized spacial score (nSPS) is 18.1. The zero-order chi connectivity index (χ0) is 24.1. The van der Waals surface area contributed by atoms with Crippen LogP contribution in [0.1, 0.15) is 57.4 Å². The molecule has 1 N–H and O–H groups in total. The molecule has 0 bridgehead atoms. The minimum absolute atomic E-state index is 0.0200. The molecule has 4 rings (SSSR count). The largest absolute Gasteiger partial charge is 0.366 e. The molecule has 0 saturated carbocycles. The van der Waals surface area contributed by atoms with Crippen molar-refractivity contribution in [3.63, 3.8) is 0 Å². The molecule has 0 spiro atoms. The van der Waals surface area contributed by atoms with Crippen LogP contribution in [-0.2, 0) is 21.7 Å². The smallest absolute Gasteiger partial charge is 0.278 e. The van der Waals surface area contributed by atoms with Crippen LogP contribution in [-0.4, -0.2) is 44.5 Å². The van der Waals surface area contributed by atoms with Crippen molar-refractivity contribution in [1.29, 1.82) is 0 Å². The second-order valence-corrected chi connectivity index (χ2v) is 10.1. The molecule has 1 aromatic heterocycles. The molecule has 2 amide bonds. The molecule has 1 aromatic carbocycles. The van der Waals surface area contributed by atoms with E-state index in [-0.39, 0.29) is 29.1 Å². The molecule has 2 aromatic rings. The van der Waals surface area contributed by atoms with E-state index in [4.69, 9.17) is 0 Å². The molecular weight excluding hydrogens is 423 g/mol. The summed E-state index contributed by atoms with van der Waals surface area (Å²) in [5.41, 5.74) is 1.08. The number of hydrogen-bond donors (Lipinski definition) is 1. The molecule has 3 heterocycles. The molecule has 0 atom stereocenters. The first-order valence-corrected chi connectivity index (χ1v) is 11.4. The number of rotatable bonds is 4. The second-order valence-electron chi connectivity index (χ2n) is 10.1. The molecule has 1 fully saturated rings. The number of hydrogen-bond acceptors (Lipinski definition) is 4. The molecule has 8 heteroatoms. The maximum absolute atomic E-state index is 13.7. The first-order valence-electron chi connectivity index (χ1n) is 11.4. The number of aromatic nitrogens is 2. The third-order valence-corrected chi connectivity index (χ3v) is 6.49. The van der Waals surface area contributed by atoms with Crippen LogP contribution >= 0.6 is 0 Å². The van der Waals surface area contributed by atoms with E-state index >= 15 is 0 Å². The lowest BCUT2D eigenvalue weighted by molar-refractivity contribution is -0.138. The Labute approximate surface area is 192 Å². The van der Waals surface area contributed by atoms with Crippen LogP contribution in [0.25, 0.3) is 5.57 Å². The van der Waals surface area contributed by atoms with Gasteiger partial charge in [-0.2, -0.15) is 0 Å². The Hall–Kier alpha value is -3.16. The minimum atomic E-state index is -0.513. The molecule has 7 nitrogen and oxygen atoms in total. The van der Waals surface area contributed by atoms with Gasteiger partial charge in [-0.05, 0) is 64.2 Å². The molecule has 2 aliphatic rings. The lowest BCUT2D eigenvalue weighted by Crippen LogP contribution is -2.38. The molecule has 0 radical (unpaired) electrons. The Kier molecular flexibility index (Phi) is 5.80. The van der Waals surface area contributed by atoms with Crippen LogP contribution in [0.15, 0.2) is 34.8 Å². The number of carbonyl (C=O) groups is 2. The van der Waals surface area contributed by atoms with Gasteiger partial charge in [0.2, 0.25) is 0 Å². The lowest BCUT2D eigenvalue weighted by Gasteiger charge is -2.32. The molecule has 0 aliphatic carbocycles. The van der Waals surface area contributed by atoms with Crippen molar-refractivity contribution in [2.45, 2.75) is 59.5 Å². The first-order chi connectivity index (χ1) is 15.5. The number of aromatic amines is 1. The number of benzene rings is 1. The van der Waals surface area contributed by atoms with E-state index in [1.54, 1.807) is 19.1 Å². The van der Waals surface area contributed by atoms with Gasteiger partial charge in [0.25, 0.3) is 17.4 Å². The van der Waals surface area contributed by atoms with E-state index < -0.39 is 17.4 Å².